The lowest BCUT2D eigenvalue weighted by Gasteiger charge is -2.00. The van der Waals surface area contributed by atoms with Gasteiger partial charge in [0.2, 0.25) is 0 Å². The summed E-state index contributed by atoms with van der Waals surface area (Å²) in [5.41, 5.74) is -0.0805. The Morgan fingerprint density at radius 3 is 2.54 bits per heavy atom. The number of carbonyl (C=O) groups excluding carboxylic acids is 1. The Labute approximate surface area is 83.7 Å². The maximum Gasteiger partial charge on any atom is 0.387 e. The van der Waals surface area contributed by atoms with Crippen LogP contribution < -0.4 is 0 Å². The van der Waals surface area contributed by atoms with Gasteiger partial charge in [0.25, 0.3) is 0 Å². The summed E-state index contributed by atoms with van der Waals surface area (Å²) >= 11 is 11.0. The van der Waals surface area contributed by atoms with Gasteiger partial charge in [0.15, 0.2) is 0 Å². The Morgan fingerprint density at radius 1 is 1.38 bits per heavy atom. The number of nitrogens with zero attached hydrogens (tertiary/aromatic N) is 1. The first-order valence-corrected chi connectivity index (χ1v) is 3.88. The summed E-state index contributed by atoms with van der Waals surface area (Å²) < 4.78 is 12.7. The number of carbonyl (C=O) groups is 1. The van der Waals surface area contributed by atoms with Crippen LogP contribution in [0.4, 0.5) is 4.39 Å². The summed E-state index contributed by atoms with van der Waals surface area (Å²) in [6, 6.07) is 2.12. The minimum absolute atomic E-state index is 0.0805. The molecule has 0 aliphatic rings. The van der Waals surface area contributed by atoms with E-state index in [9.17, 15) is 9.18 Å². The summed E-state index contributed by atoms with van der Waals surface area (Å²) in [5, 5.41) is -0.557. The molecular formula is C8H2Cl2FNO. The summed E-state index contributed by atoms with van der Waals surface area (Å²) in [7, 11) is 0. The van der Waals surface area contributed by atoms with E-state index >= 15 is 0 Å². The summed E-state index contributed by atoms with van der Waals surface area (Å²) in [5.74, 6) is -1.57. The van der Waals surface area contributed by atoms with Gasteiger partial charge in [0, 0.05) is 5.56 Å². The van der Waals surface area contributed by atoms with Crippen molar-refractivity contribution < 1.29 is 9.18 Å². The third-order valence-electron chi connectivity index (χ3n) is 1.37. The average Bonchev–Trinajstić information content (AvgIpc) is 2.13. The molecule has 1 rings (SSSR count). The van der Waals surface area contributed by atoms with Gasteiger partial charge in [0.1, 0.15) is 5.82 Å². The lowest BCUT2D eigenvalue weighted by molar-refractivity contribution is 0.104. The van der Waals surface area contributed by atoms with Crippen molar-refractivity contribution in [3.8, 4) is 0 Å². The van der Waals surface area contributed by atoms with Crippen LogP contribution in [0.1, 0.15) is 10.4 Å². The zero-order chi connectivity index (χ0) is 10.0. The second kappa shape index (κ2) is 3.73. The van der Waals surface area contributed by atoms with E-state index in [-0.39, 0.29) is 15.6 Å². The van der Waals surface area contributed by atoms with Gasteiger partial charge in [-0.25, -0.2) is 4.39 Å². The second-order valence-corrected chi connectivity index (χ2v) is 2.90. The first-order valence-electron chi connectivity index (χ1n) is 3.13. The van der Waals surface area contributed by atoms with Crippen molar-refractivity contribution in [1.82, 2.24) is 0 Å². The third-order valence-corrected chi connectivity index (χ3v) is 2.23. The highest BCUT2D eigenvalue weighted by Gasteiger charge is 2.15. The number of rotatable bonds is 1. The van der Waals surface area contributed by atoms with Crippen LogP contribution in [0.2, 0.25) is 10.0 Å². The minimum Gasteiger partial charge on any atom is -0.310 e. The van der Waals surface area contributed by atoms with E-state index in [1.807, 2.05) is 0 Å². The Hall–Kier alpha value is -1.11. The molecule has 1 aromatic carbocycles. The van der Waals surface area contributed by atoms with Crippen molar-refractivity contribution >= 4 is 29.1 Å². The fourth-order valence-electron chi connectivity index (χ4n) is 0.751. The zero-order valence-corrected chi connectivity index (χ0v) is 7.66. The first kappa shape index (κ1) is 9.97. The van der Waals surface area contributed by atoms with Gasteiger partial charge in [-0.2, -0.15) is 4.85 Å². The van der Waals surface area contributed by atoms with Crippen LogP contribution in [-0.2, 0) is 0 Å². The molecule has 0 fully saturated rings. The molecule has 5 heteroatoms. The molecule has 0 aliphatic carbocycles. The van der Waals surface area contributed by atoms with Crippen molar-refractivity contribution in [2.45, 2.75) is 0 Å². The van der Waals surface area contributed by atoms with E-state index in [4.69, 9.17) is 29.8 Å². The number of amides is 1. The molecule has 0 heterocycles. The van der Waals surface area contributed by atoms with Gasteiger partial charge in [-0.1, -0.05) is 29.3 Å². The predicted molar refractivity (Wildman–Crippen MR) is 47.4 cm³/mol. The Bertz CT molecular complexity index is 411. The van der Waals surface area contributed by atoms with Crippen molar-refractivity contribution in [2.75, 3.05) is 0 Å². The highest BCUT2D eigenvalue weighted by molar-refractivity contribution is 6.44. The molecule has 1 amide bonds. The fourth-order valence-corrected chi connectivity index (χ4v) is 1.15. The van der Waals surface area contributed by atoms with Crippen LogP contribution in [-0.4, -0.2) is 5.91 Å². The standard InChI is InChI=1S/C8H2Cl2FNO/c1-12-8(13)4-2-3-5(11)7(10)6(4)9/h2-3H. The summed E-state index contributed by atoms with van der Waals surface area (Å²) in [6.07, 6.45) is 0. The Morgan fingerprint density at radius 2 is 2.00 bits per heavy atom. The molecule has 0 spiro atoms. The molecule has 1 aromatic rings. The van der Waals surface area contributed by atoms with E-state index < -0.39 is 11.7 Å². The Kier molecular flexibility index (Phi) is 2.86. The molecule has 0 saturated carbocycles. The highest BCUT2D eigenvalue weighted by atomic mass is 35.5. The van der Waals surface area contributed by atoms with Gasteiger partial charge >= 0.3 is 5.91 Å². The van der Waals surface area contributed by atoms with Crippen molar-refractivity contribution in [3.05, 3.63) is 45.0 Å². The normalized spacial score (nSPS) is 9.38. The van der Waals surface area contributed by atoms with Crippen LogP contribution >= 0.6 is 23.2 Å². The van der Waals surface area contributed by atoms with E-state index in [0.29, 0.717) is 0 Å². The molecule has 0 aromatic heterocycles. The molecule has 0 bridgehead atoms. The number of hydrogen-bond donors (Lipinski definition) is 0. The van der Waals surface area contributed by atoms with Gasteiger partial charge in [-0.3, -0.25) is 0 Å². The van der Waals surface area contributed by atoms with Gasteiger partial charge in [-0.15, -0.1) is 0 Å². The van der Waals surface area contributed by atoms with Crippen LogP contribution in [0.5, 0.6) is 0 Å². The van der Waals surface area contributed by atoms with Crippen LogP contribution in [0.3, 0.4) is 0 Å². The predicted octanol–water partition coefficient (Wildman–Crippen LogP) is 3.19. The highest BCUT2D eigenvalue weighted by Crippen LogP contribution is 2.28. The Balaban J connectivity index is 3.36. The quantitative estimate of drug-likeness (QED) is 0.523. The minimum atomic E-state index is -0.855. The lowest BCUT2D eigenvalue weighted by atomic mass is 10.2. The molecule has 0 saturated heterocycles. The van der Waals surface area contributed by atoms with Crippen molar-refractivity contribution in [1.29, 1.82) is 0 Å². The molecule has 13 heavy (non-hydrogen) atoms. The van der Waals surface area contributed by atoms with Gasteiger partial charge in [0.05, 0.1) is 16.6 Å². The van der Waals surface area contributed by atoms with Crippen LogP contribution in [0.15, 0.2) is 12.1 Å². The maximum absolute atomic E-state index is 12.7. The van der Waals surface area contributed by atoms with Crippen LogP contribution in [0.25, 0.3) is 4.85 Å². The topological polar surface area (TPSA) is 21.4 Å². The van der Waals surface area contributed by atoms with Crippen molar-refractivity contribution in [3.63, 3.8) is 0 Å². The average molecular weight is 218 g/mol. The molecule has 0 N–H and O–H groups in total. The monoisotopic (exact) mass is 217 g/mol. The third kappa shape index (κ3) is 1.80. The number of benzene rings is 1. The van der Waals surface area contributed by atoms with Gasteiger partial charge < -0.3 is 4.79 Å². The fraction of sp³-hybridized carbons (Fsp3) is 0. The van der Waals surface area contributed by atoms with Gasteiger partial charge in [-0.05, 0) is 6.07 Å². The number of halogens is 3. The van der Waals surface area contributed by atoms with E-state index in [0.717, 1.165) is 12.1 Å². The largest absolute Gasteiger partial charge is 0.387 e. The van der Waals surface area contributed by atoms with E-state index in [1.54, 1.807) is 0 Å². The van der Waals surface area contributed by atoms with E-state index in [1.165, 1.54) is 0 Å². The summed E-state index contributed by atoms with van der Waals surface area (Å²) in [4.78, 5) is 13.5. The first-order chi connectivity index (χ1) is 6.07. The lowest BCUT2D eigenvalue weighted by Crippen LogP contribution is -1.94. The second-order valence-electron chi connectivity index (χ2n) is 2.14. The number of hydrogen-bond acceptors (Lipinski definition) is 1. The molecule has 0 radical (unpaired) electrons. The smallest absolute Gasteiger partial charge is 0.310 e. The molecule has 2 nitrogen and oxygen atoms in total. The molecule has 0 atom stereocenters. The maximum atomic E-state index is 12.7. The molecule has 0 unspecified atom stereocenters. The molecule has 66 valence electrons. The van der Waals surface area contributed by atoms with E-state index in [2.05, 4.69) is 4.85 Å². The SMILES string of the molecule is [C-]#[N+]C(=O)c1ccc(F)c(Cl)c1Cl. The summed E-state index contributed by atoms with van der Waals surface area (Å²) in [6.45, 7) is 6.45. The molecular weight excluding hydrogens is 216 g/mol. The van der Waals surface area contributed by atoms with Crippen LogP contribution in [0, 0.1) is 12.4 Å². The van der Waals surface area contributed by atoms with Crippen molar-refractivity contribution in [2.24, 2.45) is 0 Å². The molecule has 0 aliphatic heterocycles. The zero-order valence-electron chi connectivity index (χ0n) is 6.14.